The first-order valence-electron chi connectivity index (χ1n) is 5.88. The molecule has 0 aromatic heterocycles. The van der Waals surface area contributed by atoms with Gasteiger partial charge in [0, 0.05) is 10.7 Å². The molecule has 0 fully saturated rings. The van der Waals surface area contributed by atoms with Crippen LogP contribution in [0.1, 0.15) is 5.56 Å². The Kier molecular flexibility index (Phi) is 4.18. The highest BCUT2D eigenvalue weighted by Crippen LogP contribution is 2.39. The Labute approximate surface area is 124 Å². The summed E-state index contributed by atoms with van der Waals surface area (Å²) in [6, 6.07) is 8.15. The van der Waals surface area contributed by atoms with Crippen molar-refractivity contribution < 1.29 is 17.9 Å². The third-order valence-corrected chi connectivity index (χ3v) is 3.01. The zero-order valence-corrected chi connectivity index (χ0v) is 11.7. The summed E-state index contributed by atoms with van der Waals surface area (Å²) in [7, 11) is 1.42. The number of methoxy groups -OCH3 is 1. The second-order valence-electron chi connectivity index (χ2n) is 4.27. The summed E-state index contributed by atoms with van der Waals surface area (Å²) in [6.07, 6.45) is -4.52. The molecule has 0 amide bonds. The molecule has 0 radical (unpaired) electrons. The molecule has 2 aromatic rings. The van der Waals surface area contributed by atoms with Gasteiger partial charge in [-0.05, 0) is 36.4 Å². The summed E-state index contributed by atoms with van der Waals surface area (Å²) in [5.41, 5.74) is 4.81. The number of benzene rings is 2. The van der Waals surface area contributed by atoms with E-state index >= 15 is 0 Å². The van der Waals surface area contributed by atoms with Gasteiger partial charge in [-0.25, -0.2) is 0 Å². The van der Waals surface area contributed by atoms with Gasteiger partial charge in [0.2, 0.25) is 0 Å². The highest BCUT2D eigenvalue weighted by molar-refractivity contribution is 6.31. The number of hydrogen-bond acceptors (Lipinski definition) is 3. The number of nitrogen functional groups attached to an aromatic ring is 1. The molecular formula is C14H12ClF3N2O. The maximum absolute atomic E-state index is 13.0. The zero-order chi connectivity index (χ0) is 15.6. The fourth-order valence-electron chi connectivity index (χ4n) is 1.83. The largest absolute Gasteiger partial charge is 0.495 e. The van der Waals surface area contributed by atoms with Crippen molar-refractivity contribution >= 4 is 28.7 Å². The second kappa shape index (κ2) is 5.73. The highest BCUT2D eigenvalue weighted by Gasteiger charge is 2.34. The number of ether oxygens (including phenoxy) is 1. The SMILES string of the molecule is COc1ccc(Cl)cc1Nc1ccc(N)cc1C(F)(F)F. The van der Waals surface area contributed by atoms with Crippen LogP contribution in [0.5, 0.6) is 5.75 Å². The number of rotatable bonds is 3. The van der Waals surface area contributed by atoms with E-state index in [-0.39, 0.29) is 11.4 Å². The molecule has 112 valence electrons. The number of alkyl halides is 3. The van der Waals surface area contributed by atoms with Crippen molar-refractivity contribution in [1.82, 2.24) is 0 Å². The fourth-order valence-corrected chi connectivity index (χ4v) is 2.00. The standard InChI is InChI=1S/C14H12ClF3N2O/c1-21-13-5-2-8(15)6-12(13)20-11-4-3-9(19)7-10(11)14(16,17)18/h2-7,20H,19H2,1H3. The fraction of sp³-hybridized carbons (Fsp3) is 0.143. The predicted octanol–water partition coefficient (Wildman–Crippen LogP) is 4.69. The van der Waals surface area contributed by atoms with E-state index in [1.165, 1.54) is 25.3 Å². The van der Waals surface area contributed by atoms with Crippen LogP contribution in [0.4, 0.5) is 30.2 Å². The van der Waals surface area contributed by atoms with Gasteiger partial charge in [-0.3, -0.25) is 0 Å². The Balaban J connectivity index is 2.47. The molecular weight excluding hydrogens is 305 g/mol. The molecule has 0 aliphatic rings. The van der Waals surface area contributed by atoms with Crippen LogP contribution >= 0.6 is 11.6 Å². The normalized spacial score (nSPS) is 11.3. The lowest BCUT2D eigenvalue weighted by Gasteiger charge is -2.17. The lowest BCUT2D eigenvalue weighted by Crippen LogP contribution is -2.10. The van der Waals surface area contributed by atoms with E-state index in [1.54, 1.807) is 12.1 Å². The average Bonchev–Trinajstić information content (AvgIpc) is 2.40. The lowest BCUT2D eigenvalue weighted by atomic mass is 10.1. The van der Waals surface area contributed by atoms with Crippen LogP contribution < -0.4 is 15.8 Å². The van der Waals surface area contributed by atoms with Crippen molar-refractivity contribution in [3.63, 3.8) is 0 Å². The predicted molar refractivity (Wildman–Crippen MR) is 77.1 cm³/mol. The van der Waals surface area contributed by atoms with Crippen molar-refractivity contribution in [3.8, 4) is 5.75 Å². The van der Waals surface area contributed by atoms with Crippen LogP contribution in [0.25, 0.3) is 0 Å². The van der Waals surface area contributed by atoms with Crippen molar-refractivity contribution in [2.45, 2.75) is 6.18 Å². The topological polar surface area (TPSA) is 47.3 Å². The first kappa shape index (κ1) is 15.3. The van der Waals surface area contributed by atoms with E-state index in [2.05, 4.69) is 5.32 Å². The zero-order valence-electron chi connectivity index (χ0n) is 11.0. The quantitative estimate of drug-likeness (QED) is 0.807. The number of anilines is 3. The van der Waals surface area contributed by atoms with Crippen LogP contribution in [0.15, 0.2) is 36.4 Å². The lowest BCUT2D eigenvalue weighted by molar-refractivity contribution is -0.136. The van der Waals surface area contributed by atoms with Gasteiger partial charge in [0.15, 0.2) is 0 Å². The average molecular weight is 317 g/mol. The Bertz CT molecular complexity index is 659. The van der Waals surface area contributed by atoms with Crippen LogP contribution in [0, 0.1) is 0 Å². The monoisotopic (exact) mass is 316 g/mol. The third kappa shape index (κ3) is 3.52. The van der Waals surface area contributed by atoms with E-state index in [4.69, 9.17) is 22.1 Å². The molecule has 0 atom stereocenters. The van der Waals surface area contributed by atoms with Gasteiger partial charge in [0.05, 0.1) is 24.0 Å². The van der Waals surface area contributed by atoms with Gasteiger partial charge in [-0.2, -0.15) is 13.2 Å². The molecule has 0 saturated carbocycles. The highest BCUT2D eigenvalue weighted by atomic mass is 35.5. The van der Waals surface area contributed by atoms with E-state index < -0.39 is 11.7 Å². The van der Waals surface area contributed by atoms with E-state index in [9.17, 15) is 13.2 Å². The molecule has 0 saturated heterocycles. The van der Waals surface area contributed by atoms with E-state index in [0.29, 0.717) is 16.5 Å². The first-order valence-corrected chi connectivity index (χ1v) is 6.26. The van der Waals surface area contributed by atoms with Crippen molar-refractivity contribution in [2.75, 3.05) is 18.2 Å². The van der Waals surface area contributed by atoms with E-state index in [0.717, 1.165) is 6.07 Å². The summed E-state index contributed by atoms with van der Waals surface area (Å²) in [4.78, 5) is 0. The molecule has 0 aliphatic carbocycles. The van der Waals surface area contributed by atoms with Crippen LogP contribution in [0.3, 0.4) is 0 Å². The number of hydrogen-bond donors (Lipinski definition) is 2. The van der Waals surface area contributed by atoms with Gasteiger partial charge in [-0.1, -0.05) is 11.6 Å². The Hall–Kier alpha value is -2.08. The van der Waals surface area contributed by atoms with Gasteiger partial charge in [0.1, 0.15) is 5.75 Å². The van der Waals surface area contributed by atoms with Gasteiger partial charge in [-0.15, -0.1) is 0 Å². The molecule has 3 N–H and O–H groups in total. The first-order chi connectivity index (χ1) is 9.81. The van der Waals surface area contributed by atoms with Gasteiger partial charge >= 0.3 is 6.18 Å². The molecule has 2 aromatic carbocycles. The number of halogens is 4. The van der Waals surface area contributed by atoms with E-state index in [1.807, 2.05) is 0 Å². The Morgan fingerprint density at radius 3 is 2.43 bits per heavy atom. The minimum absolute atomic E-state index is 0.0333. The Morgan fingerprint density at radius 2 is 1.81 bits per heavy atom. The van der Waals surface area contributed by atoms with Crippen LogP contribution in [0.2, 0.25) is 5.02 Å². The molecule has 21 heavy (non-hydrogen) atoms. The third-order valence-electron chi connectivity index (χ3n) is 2.78. The summed E-state index contributed by atoms with van der Waals surface area (Å²) in [5.74, 6) is 0.379. The Morgan fingerprint density at radius 1 is 1.10 bits per heavy atom. The molecule has 0 heterocycles. The molecule has 0 aliphatic heterocycles. The summed E-state index contributed by atoms with van der Waals surface area (Å²) in [5, 5.41) is 3.06. The van der Waals surface area contributed by atoms with Crippen molar-refractivity contribution in [3.05, 3.63) is 47.0 Å². The summed E-state index contributed by atoms with van der Waals surface area (Å²) < 4.78 is 44.2. The minimum Gasteiger partial charge on any atom is -0.495 e. The van der Waals surface area contributed by atoms with Crippen molar-refractivity contribution in [1.29, 1.82) is 0 Å². The maximum Gasteiger partial charge on any atom is 0.418 e. The number of nitrogens with two attached hydrogens (primary N) is 1. The van der Waals surface area contributed by atoms with Crippen LogP contribution in [-0.4, -0.2) is 7.11 Å². The smallest absolute Gasteiger partial charge is 0.418 e. The molecule has 0 spiro atoms. The summed E-state index contributed by atoms with van der Waals surface area (Å²) in [6.45, 7) is 0. The molecule has 3 nitrogen and oxygen atoms in total. The van der Waals surface area contributed by atoms with Gasteiger partial charge < -0.3 is 15.8 Å². The molecule has 7 heteroatoms. The van der Waals surface area contributed by atoms with Crippen LogP contribution in [-0.2, 0) is 6.18 Å². The molecule has 0 bridgehead atoms. The second-order valence-corrected chi connectivity index (χ2v) is 4.71. The number of nitrogens with one attached hydrogen (secondary N) is 1. The van der Waals surface area contributed by atoms with Crippen molar-refractivity contribution in [2.24, 2.45) is 0 Å². The maximum atomic E-state index is 13.0. The molecule has 0 unspecified atom stereocenters. The minimum atomic E-state index is -4.52. The van der Waals surface area contributed by atoms with Gasteiger partial charge in [0.25, 0.3) is 0 Å². The summed E-state index contributed by atoms with van der Waals surface area (Å²) >= 11 is 5.86. The molecule has 2 rings (SSSR count).